The van der Waals surface area contributed by atoms with Crippen LogP contribution in [0.3, 0.4) is 0 Å². The first kappa shape index (κ1) is 6.97. The van der Waals surface area contributed by atoms with Crippen molar-refractivity contribution in [3.8, 4) is 5.40 Å². The number of hydrogen-bond donors (Lipinski definition) is 1. The molecule has 0 fully saturated rings. The van der Waals surface area contributed by atoms with Gasteiger partial charge in [0.1, 0.15) is 5.40 Å². The van der Waals surface area contributed by atoms with Crippen LogP contribution in [0.1, 0.15) is 0 Å². The lowest BCUT2D eigenvalue weighted by atomic mass is 10.3. The van der Waals surface area contributed by atoms with E-state index in [0.717, 1.165) is 16.7 Å². The van der Waals surface area contributed by atoms with Crippen molar-refractivity contribution in [1.29, 1.82) is 5.26 Å². The van der Waals surface area contributed by atoms with Gasteiger partial charge in [-0.3, -0.25) is 0 Å². The van der Waals surface area contributed by atoms with Crippen LogP contribution in [0.4, 0.5) is 5.69 Å². The molecular weight excluding hydrogens is 144 g/mol. The highest BCUT2D eigenvalue weighted by Crippen LogP contribution is 2.22. The Morgan fingerprint density at radius 1 is 1.40 bits per heavy atom. The first-order valence-electron chi connectivity index (χ1n) is 2.75. The number of nitrogens with two attached hydrogens (primary N) is 1. The van der Waals surface area contributed by atoms with E-state index in [2.05, 4.69) is 0 Å². The van der Waals surface area contributed by atoms with Crippen molar-refractivity contribution in [2.24, 2.45) is 0 Å². The first-order chi connectivity index (χ1) is 4.84. The number of nitrogens with zero attached hydrogens (tertiary/aromatic N) is 1. The zero-order valence-corrected chi connectivity index (χ0v) is 6.06. The zero-order valence-electron chi connectivity index (χ0n) is 5.24. The van der Waals surface area contributed by atoms with Crippen molar-refractivity contribution >= 4 is 17.4 Å². The normalized spacial score (nSPS) is 8.70. The molecule has 0 aliphatic heterocycles. The Balaban J connectivity index is 2.94. The number of thioether (sulfide) groups is 1. The summed E-state index contributed by atoms with van der Waals surface area (Å²) in [4.78, 5) is 0.824. The van der Waals surface area contributed by atoms with Gasteiger partial charge in [-0.2, -0.15) is 5.26 Å². The molecule has 1 aromatic rings. The third-order valence-corrected chi connectivity index (χ3v) is 1.76. The molecule has 0 amide bonds. The van der Waals surface area contributed by atoms with E-state index in [-0.39, 0.29) is 0 Å². The number of rotatable bonds is 1. The smallest absolute Gasteiger partial charge is 0.138 e. The molecule has 0 bridgehead atoms. The summed E-state index contributed by atoms with van der Waals surface area (Å²) >= 11 is 1.08. The predicted octanol–water partition coefficient (Wildman–Crippen LogP) is 1.84. The fraction of sp³-hybridized carbons (Fsp3) is 0. The van der Waals surface area contributed by atoms with Crippen LogP contribution in [-0.2, 0) is 0 Å². The van der Waals surface area contributed by atoms with Gasteiger partial charge in [-0.25, -0.2) is 0 Å². The average molecular weight is 150 g/mol. The highest BCUT2D eigenvalue weighted by atomic mass is 32.2. The van der Waals surface area contributed by atoms with Gasteiger partial charge in [0.2, 0.25) is 0 Å². The van der Waals surface area contributed by atoms with E-state index < -0.39 is 0 Å². The summed E-state index contributed by atoms with van der Waals surface area (Å²) in [5, 5.41) is 10.3. The van der Waals surface area contributed by atoms with Crippen molar-refractivity contribution in [3.05, 3.63) is 24.3 Å². The summed E-state index contributed by atoms with van der Waals surface area (Å²) in [7, 11) is 0. The van der Waals surface area contributed by atoms with E-state index in [4.69, 9.17) is 11.0 Å². The van der Waals surface area contributed by atoms with E-state index in [1.165, 1.54) is 0 Å². The molecule has 2 N–H and O–H groups in total. The van der Waals surface area contributed by atoms with Gasteiger partial charge in [0.05, 0.1) is 0 Å². The molecule has 0 atom stereocenters. The van der Waals surface area contributed by atoms with Crippen molar-refractivity contribution < 1.29 is 0 Å². The minimum absolute atomic E-state index is 0.661. The SMILES string of the molecule is N#CSc1ccccc1N. The molecular formula is C7H6N2S. The second-order valence-electron chi connectivity index (χ2n) is 1.73. The minimum atomic E-state index is 0.661. The van der Waals surface area contributed by atoms with Crippen LogP contribution in [-0.4, -0.2) is 0 Å². The summed E-state index contributed by atoms with van der Waals surface area (Å²) in [6.45, 7) is 0. The Morgan fingerprint density at radius 3 is 2.70 bits per heavy atom. The highest BCUT2D eigenvalue weighted by Gasteiger charge is 1.94. The summed E-state index contributed by atoms with van der Waals surface area (Å²) in [5.74, 6) is 0. The highest BCUT2D eigenvalue weighted by molar-refractivity contribution is 8.03. The maximum Gasteiger partial charge on any atom is 0.138 e. The van der Waals surface area contributed by atoms with Crippen LogP contribution in [0.2, 0.25) is 0 Å². The fourth-order valence-electron chi connectivity index (χ4n) is 0.623. The summed E-state index contributed by atoms with van der Waals surface area (Å²) in [5.41, 5.74) is 6.20. The number of benzene rings is 1. The van der Waals surface area contributed by atoms with Gasteiger partial charge in [-0.05, 0) is 23.9 Å². The first-order valence-corrected chi connectivity index (χ1v) is 3.56. The third-order valence-electron chi connectivity index (χ3n) is 1.07. The van der Waals surface area contributed by atoms with Gasteiger partial charge in [-0.1, -0.05) is 12.1 Å². The van der Waals surface area contributed by atoms with Gasteiger partial charge in [-0.15, -0.1) is 0 Å². The summed E-state index contributed by atoms with van der Waals surface area (Å²) in [6, 6.07) is 7.30. The van der Waals surface area contributed by atoms with Crippen molar-refractivity contribution in [1.82, 2.24) is 0 Å². The topological polar surface area (TPSA) is 49.8 Å². The number of nitrogen functional groups attached to an aromatic ring is 1. The molecule has 50 valence electrons. The van der Waals surface area contributed by atoms with Crippen LogP contribution >= 0.6 is 11.8 Å². The lowest BCUT2D eigenvalue weighted by molar-refractivity contribution is 1.47. The van der Waals surface area contributed by atoms with Crippen molar-refractivity contribution in [2.75, 3.05) is 5.73 Å². The van der Waals surface area contributed by atoms with E-state index in [1.807, 2.05) is 23.6 Å². The molecule has 1 aromatic carbocycles. The number of anilines is 1. The predicted molar refractivity (Wildman–Crippen MR) is 42.3 cm³/mol. The monoisotopic (exact) mass is 150 g/mol. The molecule has 0 aromatic heterocycles. The third kappa shape index (κ3) is 1.42. The van der Waals surface area contributed by atoms with E-state index in [1.54, 1.807) is 6.07 Å². The lowest BCUT2D eigenvalue weighted by Gasteiger charge is -1.96. The minimum Gasteiger partial charge on any atom is -0.398 e. The lowest BCUT2D eigenvalue weighted by Crippen LogP contribution is -1.85. The van der Waals surface area contributed by atoms with Gasteiger partial charge in [0, 0.05) is 10.6 Å². The van der Waals surface area contributed by atoms with Gasteiger partial charge < -0.3 is 5.73 Å². The molecule has 0 aliphatic rings. The van der Waals surface area contributed by atoms with Gasteiger partial charge in [0.25, 0.3) is 0 Å². The molecule has 0 saturated heterocycles. The second-order valence-corrected chi connectivity index (χ2v) is 2.56. The fourth-order valence-corrected chi connectivity index (χ4v) is 1.05. The van der Waals surface area contributed by atoms with E-state index >= 15 is 0 Å². The van der Waals surface area contributed by atoms with E-state index in [9.17, 15) is 0 Å². The number of thiocyanates is 1. The number of para-hydroxylation sites is 1. The Morgan fingerprint density at radius 2 is 2.10 bits per heavy atom. The Labute approximate surface area is 63.7 Å². The Kier molecular flexibility index (Phi) is 2.19. The van der Waals surface area contributed by atoms with Gasteiger partial charge in [0.15, 0.2) is 0 Å². The molecule has 0 saturated carbocycles. The standard InChI is InChI=1S/C7H6N2S/c8-5-10-7-4-2-1-3-6(7)9/h1-4H,9H2. The van der Waals surface area contributed by atoms with Crippen LogP contribution in [0.15, 0.2) is 29.2 Å². The molecule has 0 heterocycles. The van der Waals surface area contributed by atoms with Crippen LogP contribution in [0.25, 0.3) is 0 Å². The van der Waals surface area contributed by atoms with Crippen molar-refractivity contribution in [2.45, 2.75) is 4.90 Å². The number of hydrogen-bond acceptors (Lipinski definition) is 3. The summed E-state index contributed by atoms with van der Waals surface area (Å²) < 4.78 is 0. The molecule has 1 rings (SSSR count). The second kappa shape index (κ2) is 3.14. The van der Waals surface area contributed by atoms with Crippen LogP contribution in [0, 0.1) is 10.7 Å². The van der Waals surface area contributed by atoms with Crippen molar-refractivity contribution in [3.63, 3.8) is 0 Å². The Hall–Kier alpha value is -1.14. The van der Waals surface area contributed by atoms with Crippen LogP contribution in [0.5, 0.6) is 0 Å². The molecule has 3 heteroatoms. The quantitative estimate of drug-likeness (QED) is 0.377. The van der Waals surface area contributed by atoms with E-state index in [0.29, 0.717) is 5.69 Å². The maximum atomic E-state index is 8.30. The maximum absolute atomic E-state index is 8.30. The molecule has 0 aliphatic carbocycles. The molecule has 0 spiro atoms. The Bertz CT molecular complexity index is 265. The summed E-state index contributed by atoms with van der Waals surface area (Å²) in [6.07, 6.45) is 0. The van der Waals surface area contributed by atoms with Gasteiger partial charge >= 0.3 is 0 Å². The largest absolute Gasteiger partial charge is 0.398 e. The average Bonchev–Trinajstić information content (AvgIpc) is 1.94. The molecule has 0 unspecified atom stereocenters. The molecule has 2 nitrogen and oxygen atoms in total. The molecule has 0 radical (unpaired) electrons. The molecule has 10 heavy (non-hydrogen) atoms. The number of nitriles is 1. The zero-order chi connectivity index (χ0) is 7.40. The van der Waals surface area contributed by atoms with Crippen LogP contribution < -0.4 is 5.73 Å².